The smallest absolute Gasteiger partial charge is 0.191 e. The molecule has 1 unspecified atom stereocenters. The zero-order valence-corrected chi connectivity index (χ0v) is 19.6. The first-order valence-electron chi connectivity index (χ1n) is 8.28. The summed E-state index contributed by atoms with van der Waals surface area (Å²) in [5.74, 6) is 0.593. The van der Waals surface area contributed by atoms with E-state index in [2.05, 4.69) is 15.6 Å². The van der Waals surface area contributed by atoms with Gasteiger partial charge in [0.2, 0.25) is 0 Å². The predicted octanol–water partition coefficient (Wildman–Crippen LogP) is 2.73. The zero-order valence-electron chi connectivity index (χ0n) is 15.6. The van der Waals surface area contributed by atoms with E-state index in [0.717, 1.165) is 11.1 Å². The molecule has 0 fully saturated rings. The Morgan fingerprint density at radius 1 is 1.22 bits per heavy atom. The molecule has 0 aliphatic carbocycles. The molecule has 1 atom stereocenters. The van der Waals surface area contributed by atoms with Crippen LogP contribution in [0.4, 0.5) is 0 Å². The minimum atomic E-state index is -3.19. The van der Waals surface area contributed by atoms with Crippen LogP contribution in [0.15, 0.2) is 51.0 Å². The quantitative estimate of drug-likeness (QED) is 0.295. The van der Waals surface area contributed by atoms with Crippen LogP contribution in [0.5, 0.6) is 0 Å². The molecule has 0 bridgehead atoms. The van der Waals surface area contributed by atoms with Crippen molar-refractivity contribution in [3.63, 3.8) is 0 Å². The van der Waals surface area contributed by atoms with E-state index in [-0.39, 0.29) is 24.0 Å². The molecule has 0 spiro atoms. The first-order valence-corrected chi connectivity index (χ1v) is 11.1. The molecule has 0 amide bonds. The van der Waals surface area contributed by atoms with Crippen molar-refractivity contribution in [2.75, 3.05) is 19.3 Å². The molecule has 0 saturated carbocycles. The molecule has 1 aromatic carbocycles. The van der Waals surface area contributed by atoms with Crippen LogP contribution in [-0.2, 0) is 22.0 Å². The van der Waals surface area contributed by atoms with Gasteiger partial charge in [-0.15, -0.1) is 24.0 Å². The normalized spacial score (nSPS) is 14.1. The second kappa shape index (κ2) is 10.4. The van der Waals surface area contributed by atoms with Crippen LogP contribution < -0.4 is 10.6 Å². The van der Waals surface area contributed by atoms with Crippen molar-refractivity contribution in [3.8, 4) is 0 Å². The molecule has 1 aromatic heterocycles. The molecule has 0 radical (unpaired) electrons. The average molecular weight is 523 g/mol. The molecular formula is C18H26IN3O3S2. The summed E-state index contributed by atoms with van der Waals surface area (Å²) >= 11 is 1.54. The van der Waals surface area contributed by atoms with Crippen LogP contribution in [-0.4, -0.2) is 38.8 Å². The highest BCUT2D eigenvalue weighted by Crippen LogP contribution is 2.22. The molecule has 0 aliphatic rings. The van der Waals surface area contributed by atoms with Gasteiger partial charge >= 0.3 is 0 Å². The topological polar surface area (TPSA) is 90.8 Å². The minimum absolute atomic E-state index is 0. The molecule has 2 rings (SSSR count). The maximum Gasteiger partial charge on any atom is 0.191 e. The van der Waals surface area contributed by atoms with Gasteiger partial charge in [0.05, 0.1) is 18.0 Å². The first-order chi connectivity index (χ1) is 12.2. The second-order valence-corrected chi connectivity index (χ2v) is 9.05. The number of nitrogens with one attached hydrogen (secondary N) is 2. The summed E-state index contributed by atoms with van der Waals surface area (Å²) < 4.78 is 23.0. The third-order valence-corrected chi connectivity index (χ3v) is 5.67. The third-order valence-electron chi connectivity index (χ3n) is 3.86. The van der Waals surface area contributed by atoms with Gasteiger partial charge in [-0.3, -0.25) is 0 Å². The Kier molecular flexibility index (Phi) is 9.19. The fourth-order valence-electron chi connectivity index (χ4n) is 2.28. The van der Waals surface area contributed by atoms with Gasteiger partial charge < -0.3 is 15.7 Å². The first kappa shape index (κ1) is 23.9. The Bertz CT molecular complexity index is 833. The average Bonchev–Trinajstić information content (AvgIpc) is 3.12. The van der Waals surface area contributed by atoms with Crippen LogP contribution in [0.25, 0.3) is 0 Å². The van der Waals surface area contributed by atoms with Crippen molar-refractivity contribution in [1.29, 1.82) is 0 Å². The van der Waals surface area contributed by atoms with E-state index < -0.39 is 15.4 Å². The monoisotopic (exact) mass is 523 g/mol. The molecule has 6 nitrogen and oxygen atoms in total. The zero-order chi connectivity index (χ0) is 19.2. The highest BCUT2D eigenvalue weighted by Gasteiger charge is 2.23. The number of benzene rings is 1. The molecule has 27 heavy (non-hydrogen) atoms. The number of guanidine groups is 1. The number of thiophene rings is 1. The Balaban J connectivity index is 0.00000364. The van der Waals surface area contributed by atoms with Gasteiger partial charge in [-0.25, -0.2) is 13.4 Å². The van der Waals surface area contributed by atoms with E-state index >= 15 is 0 Å². The van der Waals surface area contributed by atoms with Gasteiger partial charge in [-0.05, 0) is 53.9 Å². The molecule has 0 saturated heterocycles. The lowest BCUT2D eigenvalue weighted by Crippen LogP contribution is -2.44. The number of hydrogen-bond donors (Lipinski definition) is 3. The van der Waals surface area contributed by atoms with Gasteiger partial charge in [-0.2, -0.15) is 11.3 Å². The fraction of sp³-hybridized carbons (Fsp3) is 0.389. The van der Waals surface area contributed by atoms with E-state index in [4.69, 9.17) is 0 Å². The Morgan fingerprint density at radius 3 is 2.41 bits per heavy atom. The summed E-state index contributed by atoms with van der Waals surface area (Å²) in [5.41, 5.74) is 0.772. The number of aliphatic imine (C=N–C) groups is 1. The van der Waals surface area contributed by atoms with Crippen molar-refractivity contribution in [3.05, 3.63) is 52.2 Å². The number of rotatable bonds is 7. The molecule has 9 heteroatoms. The Morgan fingerprint density at radius 2 is 1.89 bits per heavy atom. The highest BCUT2D eigenvalue weighted by atomic mass is 127. The van der Waals surface area contributed by atoms with Crippen molar-refractivity contribution in [1.82, 2.24) is 10.6 Å². The van der Waals surface area contributed by atoms with Crippen LogP contribution in [0, 0.1) is 0 Å². The van der Waals surface area contributed by atoms with Crippen LogP contribution in [0.3, 0.4) is 0 Å². The van der Waals surface area contributed by atoms with Crippen LogP contribution in [0.2, 0.25) is 0 Å². The summed E-state index contributed by atoms with van der Waals surface area (Å²) in [6, 6.07) is 8.58. The molecule has 3 N–H and O–H groups in total. The van der Waals surface area contributed by atoms with Gasteiger partial charge in [-0.1, -0.05) is 12.1 Å². The van der Waals surface area contributed by atoms with Crippen LogP contribution >= 0.6 is 35.3 Å². The molecule has 1 heterocycles. The van der Waals surface area contributed by atoms with Gasteiger partial charge in [0.1, 0.15) is 5.60 Å². The summed E-state index contributed by atoms with van der Waals surface area (Å²) in [6.45, 7) is 5.15. The fourth-order valence-corrected chi connectivity index (χ4v) is 3.70. The van der Waals surface area contributed by atoms with E-state index in [1.165, 1.54) is 6.26 Å². The predicted molar refractivity (Wildman–Crippen MR) is 122 cm³/mol. The summed E-state index contributed by atoms with van der Waals surface area (Å²) in [4.78, 5) is 4.79. The summed E-state index contributed by atoms with van der Waals surface area (Å²) in [6.07, 6.45) is 1.19. The standard InChI is InChI=1S/C18H25N3O3S2.HI/c1-4-19-17(21-13-18(2,22)15-9-10-25-12-15)20-11-14-5-7-16(8-6-14)26(3,23)24;/h5-10,12,22H,4,11,13H2,1-3H3,(H2,19,20,21);1H. The summed E-state index contributed by atoms with van der Waals surface area (Å²) in [5, 5.41) is 20.7. The van der Waals surface area contributed by atoms with Crippen molar-refractivity contribution < 1.29 is 13.5 Å². The number of aliphatic hydroxyl groups is 1. The molecule has 150 valence electrons. The lowest BCUT2D eigenvalue weighted by Gasteiger charge is -2.24. The number of nitrogens with zero attached hydrogens (tertiary/aromatic N) is 1. The molecule has 0 aliphatic heterocycles. The highest BCUT2D eigenvalue weighted by molar-refractivity contribution is 14.0. The SMILES string of the molecule is CCNC(=NCc1ccc(S(C)(=O)=O)cc1)NCC(C)(O)c1ccsc1.I. The van der Waals surface area contributed by atoms with Crippen molar-refractivity contribution in [2.24, 2.45) is 4.99 Å². The van der Waals surface area contributed by atoms with Crippen molar-refractivity contribution in [2.45, 2.75) is 30.9 Å². The van der Waals surface area contributed by atoms with E-state index in [0.29, 0.717) is 30.5 Å². The van der Waals surface area contributed by atoms with E-state index in [1.54, 1.807) is 42.5 Å². The Labute approximate surface area is 182 Å². The minimum Gasteiger partial charge on any atom is -0.384 e. The van der Waals surface area contributed by atoms with Gasteiger partial charge in [0, 0.05) is 12.8 Å². The number of hydrogen-bond acceptors (Lipinski definition) is 5. The lowest BCUT2D eigenvalue weighted by atomic mass is 9.99. The summed E-state index contributed by atoms with van der Waals surface area (Å²) in [7, 11) is -3.19. The van der Waals surface area contributed by atoms with Gasteiger partial charge in [0.15, 0.2) is 15.8 Å². The van der Waals surface area contributed by atoms with E-state index in [1.807, 2.05) is 23.8 Å². The van der Waals surface area contributed by atoms with Gasteiger partial charge in [0.25, 0.3) is 0 Å². The maximum absolute atomic E-state index is 11.5. The largest absolute Gasteiger partial charge is 0.384 e. The third kappa shape index (κ3) is 7.40. The van der Waals surface area contributed by atoms with Crippen LogP contribution in [0.1, 0.15) is 25.0 Å². The second-order valence-electron chi connectivity index (χ2n) is 6.25. The Hall–Kier alpha value is -1.17. The number of sulfone groups is 1. The molecular weight excluding hydrogens is 497 g/mol. The van der Waals surface area contributed by atoms with Crippen molar-refractivity contribution >= 4 is 51.1 Å². The maximum atomic E-state index is 11.5. The lowest BCUT2D eigenvalue weighted by molar-refractivity contribution is 0.0621. The molecule has 2 aromatic rings. The number of halogens is 1. The van der Waals surface area contributed by atoms with E-state index in [9.17, 15) is 13.5 Å².